The lowest BCUT2D eigenvalue weighted by Gasteiger charge is -2.38. The van der Waals surface area contributed by atoms with Gasteiger partial charge in [0.25, 0.3) is 0 Å². The number of hydrogen-bond acceptors (Lipinski definition) is 3. The zero-order valence-electron chi connectivity index (χ0n) is 14.9. The fraction of sp³-hybridized carbons (Fsp3) is 0.381. The molecule has 142 valence electrons. The zero-order valence-corrected chi connectivity index (χ0v) is 14.9. The van der Waals surface area contributed by atoms with Crippen molar-refractivity contribution in [1.29, 1.82) is 0 Å². The van der Waals surface area contributed by atoms with E-state index in [4.69, 9.17) is 0 Å². The highest BCUT2D eigenvalue weighted by Gasteiger charge is 2.41. The number of benzene rings is 2. The molecule has 4 rings (SSSR count). The van der Waals surface area contributed by atoms with Gasteiger partial charge < -0.3 is 15.2 Å². The second kappa shape index (κ2) is 6.83. The molecule has 4 nitrogen and oxygen atoms in total. The first-order valence-corrected chi connectivity index (χ1v) is 9.13. The first kappa shape index (κ1) is 17.8. The van der Waals surface area contributed by atoms with Crippen LogP contribution in [0.3, 0.4) is 0 Å². The van der Waals surface area contributed by atoms with Crippen molar-refractivity contribution < 1.29 is 23.4 Å². The molecule has 6 heteroatoms. The van der Waals surface area contributed by atoms with E-state index in [9.17, 15) is 18.7 Å². The minimum atomic E-state index is -2.83. The van der Waals surface area contributed by atoms with Gasteiger partial charge in [0, 0.05) is 5.69 Å². The molecule has 2 aliphatic rings. The molecule has 1 aliphatic heterocycles. The lowest BCUT2D eigenvalue weighted by molar-refractivity contribution is -0.0499. The standard InChI is InChI=1S/C21H21F2NO3/c1-11-9-12(20(25)26)5-7-14(11)19-16-4-2-3-15(16)17-10-13(27-21(22)23)6-8-18(17)24-19/h5-10,15-16,19,21,24H,2-4H2,1H3,(H,25,26)/t15-,16+,19+/m1/s1. The third-order valence-corrected chi connectivity index (χ3v) is 5.81. The van der Waals surface area contributed by atoms with Crippen LogP contribution in [0.4, 0.5) is 14.5 Å². The molecule has 0 aromatic heterocycles. The molecule has 0 saturated heterocycles. The highest BCUT2D eigenvalue weighted by atomic mass is 19.3. The Morgan fingerprint density at radius 3 is 2.70 bits per heavy atom. The van der Waals surface area contributed by atoms with Crippen molar-refractivity contribution in [2.45, 2.75) is 44.8 Å². The van der Waals surface area contributed by atoms with E-state index < -0.39 is 12.6 Å². The van der Waals surface area contributed by atoms with E-state index >= 15 is 0 Å². The Labute approximate surface area is 156 Å². The summed E-state index contributed by atoms with van der Waals surface area (Å²) >= 11 is 0. The summed E-state index contributed by atoms with van der Waals surface area (Å²) in [4.78, 5) is 11.2. The van der Waals surface area contributed by atoms with Crippen molar-refractivity contribution in [1.82, 2.24) is 0 Å². The van der Waals surface area contributed by atoms with Crippen LogP contribution in [0.2, 0.25) is 0 Å². The van der Waals surface area contributed by atoms with Crippen molar-refractivity contribution in [2.75, 3.05) is 5.32 Å². The number of anilines is 1. The van der Waals surface area contributed by atoms with E-state index in [0.717, 1.165) is 41.6 Å². The molecular weight excluding hydrogens is 352 g/mol. The highest BCUT2D eigenvalue weighted by molar-refractivity contribution is 5.88. The van der Waals surface area contributed by atoms with Gasteiger partial charge in [-0.3, -0.25) is 0 Å². The molecule has 0 unspecified atom stereocenters. The number of halogens is 2. The number of alkyl halides is 2. The molecule has 27 heavy (non-hydrogen) atoms. The lowest BCUT2D eigenvalue weighted by atomic mass is 9.76. The molecule has 2 aromatic carbocycles. The number of ether oxygens (including phenoxy) is 1. The summed E-state index contributed by atoms with van der Waals surface area (Å²) in [6.07, 6.45) is 3.14. The SMILES string of the molecule is Cc1cc(C(=O)O)ccc1[C@@H]1Nc2ccc(OC(F)F)cc2[C@@H]2CCC[C@@H]21. The van der Waals surface area contributed by atoms with Gasteiger partial charge in [0.1, 0.15) is 5.75 Å². The Balaban J connectivity index is 1.70. The van der Waals surface area contributed by atoms with Crippen LogP contribution in [0.5, 0.6) is 5.75 Å². The van der Waals surface area contributed by atoms with Crippen LogP contribution in [0.25, 0.3) is 0 Å². The number of carbonyl (C=O) groups is 1. The van der Waals surface area contributed by atoms with E-state index in [0.29, 0.717) is 5.92 Å². The van der Waals surface area contributed by atoms with E-state index in [1.165, 1.54) is 0 Å². The number of carboxylic acids is 1. The summed E-state index contributed by atoms with van der Waals surface area (Å²) in [5.41, 5.74) is 4.29. The molecule has 2 aromatic rings. The molecule has 3 atom stereocenters. The van der Waals surface area contributed by atoms with Gasteiger partial charge >= 0.3 is 12.6 Å². The Bertz CT molecular complexity index is 884. The van der Waals surface area contributed by atoms with Gasteiger partial charge in [0.2, 0.25) is 0 Å². The number of aryl methyl sites for hydroxylation is 1. The maximum absolute atomic E-state index is 12.6. The van der Waals surface area contributed by atoms with Crippen LogP contribution in [0, 0.1) is 12.8 Å². The first-order chi connectivity index (χ1) is 12.9. The number of nitrogens with one attached hydrogen (secondary N) is 1. The molecule has 0 bridgehead atoms. The van der Waals surface area contributed by atoms with Crippen LogP contribution in [0.1, 0.15) is 58.3 Å². The fourth-order valence-electron chi connectivity index (χ4n) is 4.67. The van der Waals surface area contributed by atoms with Crippen molar-refractivity contribution in [2.24, 2.45) is 5.92 Å². The van der Waals surface area contributed by atoms with Crippen LogP contribution in [-0.2, 0) is 0 Å². The smallest absolute Gasteiger partial charge is 0.387 e. The van der Waals surface area contributed by atoms with E-state index in [1.807, 2.05) is 13.0 Å². The van der Waals surface area contributed by atoms with Crippen LogP contribution in [0.15, 0.2) is 36.4 Å². The first-order valence-electron chi connectivity index (χ1n) is 9.13. The van der Waals surface area contributed by atoms with Crippen molar-refractivity contribution in [3.8, 4) is 5.75 Å². The summed E-state index contributed by atoms with van der Waals surface area (Å²) in [5, 5.41) is 12.8. The molecule has 2 N–H and O–H groups in total. The summed E-state index contributed by atoms with van der Waals surface area (Å²) in [6, 6.07) is 10.4. The predicted molar refractivity (Wildman–Crippen MR) is 97.7 cm³/mol. The monoisotopic (exact) mass is 373 g/mol. The summed E-state index contributed by atoms with van der Waals surface area (Å²) < 4.78 is 29.7. The van der Waals surface area contributed by atoms with Crippen molar-refractivity contribution >= 4 is 11.7 Å². The van der Waals surface area contributed by atoms with Gasteiger partial charge in [-0.05, 0) is 78.6 Å². The largest absolute Gasteiger partial charge is 0.478 e. The average molecular weight is 373 g/mol. The molecule has 1 aliphatic carbocycles. The second-order valence-corrected chi connectivity index (χ2v) is 7.33. The number of carboxylic acid groups (broad SMARTS) is 1. The van der Waals surface area contributed by atoms with Crippen molar-refractivity contribution in [3.05, 3.63) is 58.7 Å². The van der Waals surface area contributed by atoms with Gasteiger partial charge in [-0.1, -0.05) is 12.5 Å². The Kier molecular flexibility index (Phi) is 4.50. The normalized spacial score (nSPS) is 23.5. The summed E-state index contributed by atoms with van der Waals surface area (Å²) in [6.45, 7) is -0.898. The average Bonchev–Trinajstić information content (AvgIpc) is 3.11. The maximum Gasteiger partial charge on any atom is 0.387 e. The number of rotatable bonds is 4. The molecule has 1 saturated carbocycles. The molecule has 1 fully saturated rings. The van der Waals surface area contributed by atoms with Gasteiger partial charge in [0.15, 0.2) is 0 Å². The van der Waals surface area contributed by atoms with Crippen molar-refractivity contribution in [3.63, 3.8) is 0 Å². The van der Waals surface area contributed by atoms with Gasteiger partial charge in [-0.25, -0.2) is 4.79 Å². The van der Waals surface area contributed by atoms with Crippen LogP contribution >= 0.6 is 0 Å². The number of aromatic carboxylic acids is 1. The van der Waals surface area contributed by atoms with Gasteiger partial charge in [-0.2, -0.15) is 8.78 Å². The zero-order chi connectivity index (χ0) is 19.1. The number of fused-ring (bicyclic) bond motifs is 3. The summed E-state index contributed by atoms with van der Waals surface area (Å²) in [5.74, 6) is -0.117. The minimum Gasteiger partial charge on any atom is -0.478 e. The maximum atomic E-state index is 12.6. The lowest BCUT2D eigenvalue weighted by Crippen LogP contribution is -2.29. The van der Waals surface area contributed by atoms with E-state index in [-0.39, 0.29) is 23.3 Å². The van der Waals surface area contributed by atoms with E-state index in [1.54, 1.807) is 30.3 Å². The molecule has 1 heterocycles. The molecule has 0 radical (unpaired) electrons. The number of hydrogen-bond donors (Lipinski definition) is 2. The predicted octanol–water partition coefficient (Wildman–Crippen LogP) is 5.35. The quantitative estimate of drug-likeness (QED) is 0.759. The van der Waals surface area contributed by atoms with Gasteiger partial charge in [-0.15, -0.1) is 0 Å². The second-order valence-electron chi connectivity index (χ2n) is 7.33. The van der Waals surface area contributed by atoms with Gasteiger partial charge in [0.05, 0.1) is 11.6 Å². The Morgan fingerprint density at radius 1 is 1.19 bits per heavy atom. The van der Waals surface area contributed by atoms with Crippen LogP contribution < -0.4 is 10.1 Å². The molecule has 0 spiro atoms. The molecular formula is C21H21F2NO3. The topological polar surface area (TPSA) is 58.6 Å². The Morgan fingerprint density at radius 2 is 2.00 bits per heavy atom. The molecule has 0 amide bonds. The highest BCUT2D eigenvalue weighted by Crippen LogP contribution is 2.53. The Hall–Kier alpha value is -2.63. The van der Waals surface area contributed by atoms with Crippen LogP contribution in [-0.4, -0.2) is 17.7 Å². The third-order valence-electron chi connectivity index (χ3n) is 5.81. The fourth-order valence-corrected chi connectivity index (χ4v) is 4.67. The third kappa shape index (κ3) is 3.24. The van der Waals surface area contributed by atoms with E-state index in [2.05, 4.69) is 10.1 Å². The minimum absolute atomic E-state index is 0.0784. The summed E-state index contributed by atoms with van der Waals surface area (Å²) in [7, 11) is 0.